The van der Waals surface area contributed by atoms with E-state index < -0.39 is 0 Å². The molecular weight excluding hydrogens is 353 g/mol. The molecule has 0 atom stereocenters. The number of benzene rings is 2. The van der Waals surface area contributed by atoms with Gasteiger partial charge in [-0.15, -0.1) is 0 Å². The third-order valence-corrected chi connectivity index (χ3v) is 4.70. The van der Waals surface area contributed by atoms with Gasteiger partial charge in [0.05, 0.1) is 15.7 Å². The molecule has 23 heavy (non-hydrogen) atoms. The second kappa shape index (κ2) is 6.58. The number of aromatic nitrogens is 1. The van der Waals surface area contributed by atoms with E-state index in [0.717, 1.165) is 16.9 Å². The summed E-state index contributed by atoms with van der Waals surface area (Å²) in [5, 5.41) is 3.92. The third kappa shape index (κ3) is 3.47. The molecule has 0 saturated carbocycles. The van der Waals surface area contributed by atoms with Crippen LogP contribution in [-0.2, 0) is 0 Å². The zero-order valence-corrected chi connectivity index (χ0v) is 14.0. The molecule has 0 fully saturated rings. The highest BCUT2D eigenvalue weighted by molar-refractivity contribution is 7.17. The second-order valence-electron chi connectivity index (χ2n) is 4.68. The summed E-state index contributed by atoms with van der Waals surface area (Å²) in [6.07, 6.45) is 0. The minimum atomic E-state index is -0.295. The quantitative estimate of drug-likeness (QED) is 0.691. The zero-order valence-electron chi connectivity index (χ0n) is 11.7. The number of nitrogens with one attached hydrogen (secondary N) is 1. The van der Waals surface area contributed by atoms with Crippen LogP contribution in [0.4, 0.5) is 10.8 Å². The number of nitrogens with zero attached hydrogens (tertiary/aromatic N) is 1. The number of thiazole rings is 1. The van der Waals surface area contributed by atoms with Gasteiger partial charge in [-0.3, -0.25) is 4.79 Å². The molecule has 0 aliphatic heterocycles. The largest absolute Gasteiger partial charge is 0.375 e. The van der Waals surface area contributed by atoms with E-state index in [2.05, 4.69) is 10.3 Å². The topological polar surface area (TPSA) is 68.0 Å². The third-order valence-electron chi connectivity index (χ3n) is 3.07. The van der Waals surface area contributed by atoms with Crippen molar-refractivity contribution in [3.63, 3.8) is 0 Å². The van der Waals surface area contributed by atoms with Crippen LogP contribution in [-0.4, -0.2) is 10.9 Å². The Morgan fingerprint density at radius 1 is 1.09 bits per heavy atom. The number of hydrogen-bond acceptors (Lipinski definition) is 4. The molecule has 0 radical (unpaired) electrons. The summed E-state index contributed by atoms with van der Waals surface area (Å²) in [7, 11) is 0. The van der Waals surface area contributed by atoms with Crippen molar-refractivity contribution in [2.45, 2.75) is 0 Å². The lowest BCUT2D eigenvalue weighted by Gasteiger charge is -2.06. The van der Waals surface area contributed by atoms with Crippen LogP contribution < -0.4 is 11.1 Å². The van der Waals surface area contributed by atoms with Crippen LogP contribution in [0.25, 0.3) is 11.3 Å². The minimum absolute atomic E-state index is 0.295. The number of nitrogens with two attached hydrogens (primary N) is 1. The molecule has 0 aliphatic rings. The number of carbonyl (C=O) groups excluding carboxylic acids is 1. The average Bonchev–Trinajstić information content (AvgIpc) is 2.94. The molecule has 1 amide bonds. The normalized spacial score (nSPS) is 10.5. The van der Waals surface area contributed by atoms with Gasteiger partial charge in [-0.2, -0.15) is 0 Å². The van der Waals surface area contributed by atoms with Gasteiger partial charge in [0, 0.05) is 11.3 Å². The molecule has 2 aromatic carbocycles. The van der Waals surface area contributed by atoms with Crippen molar-refractivity contribution in [1.82, 2.24) is 4.98 Å². The van der Waals surface area contributed by atoms with E-state index >= 15 is 0 Å². The number of hydrogen-bond donors (Lipinski definition) is 2. The van der Waals surface area contributed by atoms with Gasteiger partial charge in [-0.05, 0) is 18.2 Å². The Hall–Kier alpha value is -2.08. The van der Waals surface area contributed by atoms with Crippen molar-refractivity contribution >= 4 is 51.3 Å². The summed E-state index contributed by atoms with van der Waals surface area (Å²) in [5.41, 5.74) is 7.73. The lowest BCUT2D eigenvalue weighted by molar-refractivity contribution is 0.103. The van der Waals surface area contributed by atoms with Crippen molar-refractivity contribution < 1.29 is 4.79 Å². The van der Waals surface area contributed by atoms with Crippen LogP contribution in [0, 0.1) is 0 Å². The number of nitrogen functional groups attached to an aromatic ring is 1. The Morgan fingerprint density at radius 2 is 1.83 bits per heavy atom. The van der Waals surface area contributed by atoms with Crippen LogP contribution >= 0.6 is 34.5 Å². The first-order chi connectivity index (χ1) is 11.0. The molecule has 0 saturated heterocycles. The molecule has 0 bridgehead atoms. The molecule has 3 N–H and O–H groups in total. The molecule has 1 heterocycles. The van der Waals surface area contributed by atoms with Crippen molar-refractivity contribution in [3.8, 4) is 11.3 Å². The van der Waals surface area contributed by atoms with E-state index in [1.165, 1.54) is 0 Å². The number of rotatable bonds is 3. The molecule has 7 heteroatoms. The number of amides is 1. The average molecular weight is 364 g/mol. The van der Waals surface area contributed by atoms with E-state index in [9.17, 15) is 4.79 Å². The Balaban J connectivity index is 1.92. The van der Waals surface area contributed by atoms with Gasteiger partial charge in [-0.1, -0.05) is 64.9 Å². The SMILES string of the molecule is Nc1nc(-c2ccccc2)c(C(=O)Nc2ccc(Cl)c(Cl)c2)s1. The first-order valence-corrected chi connectivity index (χ1v) is 8.20. The van der Waals surface area contributed by atoms with Crippen molar-refractivity contribution in [2.75, 3.05) is 11.1 Å². The fraction of sp³-hybridized carbons (Fsp3) is 0. The Bertz CT molecular complexity index is 865. The van der Waals surface area contributed by atoms with Gasteiger partial charge >= 0.3 is 0 Å². The number of carbonyl (C=O) groups is 1. The summed E-state index contributed by atoms with van der Waals surface area (Å²) in [6.45, 7) is 0. The first kappa shape index (κ1) is 15.8. The maximum absolute atomic E-state index is 12.5. The summed E-state index contributed by atoms with van der Waals surface area (Å²) < 4.78 is 0. The summed E-state index contributed by atoms with van der Waals surface area (Å²) in [5.74, 6) is -0.295. The zero-order chi connectivity index (χ0) is 16.4. The van der Waals surface area contributed by atoms with Gasteiger partial charge in [0.2, 0.25) is 0 Å². The van der Waals surface area contributed by atoms with E-state index in [1.807, 2.05) is 30.3 Å². The Kier molecular flexibility index (Phi) is 4.52. The highest BCUT2D eigenvalue weighted by atomic mass is 35.5. The fourth-order valence-corrected chi connectivity index (χ4v) is 3.09. The van der Waals surface area contributed by atoms with Crippen LogP contribution in [0.1, 0.15) is 9.67 Å². The standard InChI is InChI=1S/C16H11Cl2N3OS/c17-11-7-6-10(8-12(11)18)20-15(22)14-13(21-16(19)23-14)9-4-2-1-3-5-9/h1-8H,(H2,19,21)(H,20,22). The molecular formula is C16H11Cl2N3OS. The van der Waals surface area contributed by atoms with Gasteiger partial charge in [0.1, 0.15) is 4.88 Å². The van der Waals surface area contributed by atoms with Crippen molar-refractivity contribution in [2.24, 2.45) is 0 Å². The Labute approximate surface area is 146 Å². The predicted octanol–water partition coefficient (Wildman–Crippen LogP) is 4.95. The summed E-state index contributed by atoms with van der Waals surface area (Å²) in [6, 6.07) is 14.3. The molecule has 4 nitrogen and oxygen atoms in total. The lowest BCUT2D eigenvalue weighted by atomic mass is 10.1. The highest BCUT2D eigenvalue weighted by Gasteiger charge is 2.19. The fourth-order valence-electron chi connectivity index (χ4n) is 2.04. The van der Waals surface area contributed by atoms with E-state index in [0.29, 0.717) is 31.4 Å². The monoisotopic (exact) mass is 363 g/mol. The minimum Gasteiger partial charge on any atom is -0.375 e. The van der Waals surface area contributed by atoms with E-state index in [1.54, 1.807) is 18.2 Å². The smallest absolute Gasteiger partial charge is 0.268 e. The molecule has 3 rings (SSSR count). The summed E-state index contributed by atoms with van der Waals surface area (Å²) >= 11 is 13.0. The van der Waals surface area contributed by atoms with E-state index in [4.69, 9.17) is 28.9 Å². The predicted molar refractivity (Wildman–Crippen MR) is 96.4 cm³/mol. The highest BCUT2D eigenvalue weighted by Crippen LogP contribution is 2.31. The van der Waals surface area contributed by atoms with Crippen molar-refractivity contribution in [1.29, 1.82) is 0 Å². The Morgan fingerprint density at radius 3 is 2.52 bits per heavy atom. The number of halogens is 2. The van der Waals surface area contributed by atoms with Crippen LogP contribution in [0.5, 0.6) is 0 Å². The molecule has 0 unspecified atom stereocenters. The summed E-state index contributed by atoms with van der Waals surface area (Å²) in [4.78, 5) is 17.3. The maximum atomic E-state index is 12.5. The maximum Gasteiger partial charge on any atom is 0.268 e. The van der Waals surface area contributed by atoms with Crippen LogP contribution in [0.15, 0.2) is 48.5 Å². The van der Waals surface area contributed by atoms with Crippen LogP contribution in [0.2, 0.25) is 10.0 Å². The second-order valence-corrected chi connectivity index (χ2v) is 6.52. The first-order valence-electron chi connectivity index (χ1n) is 6.62. The molecule has 0 spiro atoms. The van der Waals surface area contributed by atoms with Gasteiger partial charge in [0.25, 0.3) is 5.91 Å². The molecule has 1 aromatic heterocycles. The lowest BCUT2D eigenvalue weighted by Crippen LogP contribution is -2.11. The molecule has 116 valence electrons. The molecule has 3 aromatic rings. The van der Waals surface area contributed by atoms with Gasteiger partial charge < -0.3 is 11.1 Å². The van der Waals surface area contributed by atoms with Crippen LogP contribution in [0.3, 0.4) is 0 Å². The number of anilines is 2. The van der Waals surface area contributed by atoms with Gasteiger partial charge in [0.15, 0.2) is 5.13 Å². The van der Waals surface area contributed by atoms with Gasteiger partial charge in [-0.25, -0.2) is 4.98 Å². The van der Waals surface area contributed by atoms with Crippen molar-refractivity contribution in [3.05, 3.63) is 63.5 Å². The van der Waals surface area contributed by atoms with E-state index in [-0.39, 0.29) is 5.91 Å². The molecule has 0 aliphatic carbocycles.